The van der Waals surface area contributed by atoms with E-state index in [1.807, 2.05) is 18.3 Å². The molecule has 1 aliphatic heterocycles. The van der Waals surface area contributed by atoms with E-state index in [2.05, 4.69) is 34.3 Å². The molecule has 5 nitrogen and oxygen atoms in total. The summed E-state index contributed by atoms with van der Waals surface area (Å²) < 4.78 is 6.40. The van der Waals surface area contributed by atoms with Crippen LogP contribution < -0.4 is 5.32 Å². The number of amides is 1. The molecule has 4 rings (SSSR count). The van der Waals surface area contributed by atoms with Gasteiger partial charge in [0.15, 0.2) is 0 Å². The van der Waals surface area contributed by atoms with Gasteiger partial charge in [0.1, 0.15) is 10.5 Å². The second-order valence-electron chi connectivity index (χ2n) is 7.88. The zero-order chi connectivity index (χ0) is 19.6. The normalized spacial score (nSPS) is 25.9. The van der Waals surface area contributed by atoms with Crippen molar-refractivity contribution >= 4 is 28.6 Å². The van der Waals surface area contributed by atoms with Crippen LogP contribution in [0.4, 0.5) is 0 Å². The largest absolute Gasteiger partial charge is 0.370 e. The van der Waals surface area contributed by atoms with Crippen molar-refractivity contribution in [1.82, 2.24) is 15.2 Å². The summed E-state index contributed by atoms with van der Waals surface area (Å²) in [5.74, 6) is -0.00200. The number of hydrogen-bond donors (Lipinski definition) is 1. The number of carbonyl (C=O) groups is 1. The Morgan fingerprint density at radius 3 is 3.00 bits per heavy atom. The lowest BCUT2D eigenvalue weighted by Crippen LogP contribution is -2.63. The third-order valence-corrected chi connectivity index (χ3v) is 8.11. The first-order chi connectivity index (χ1) is 13.6. The molecule has 7 heteroatoms. The molecule has 1 amide bonds. The average Bonchev–Trinajstić information content (AvgIpc) is 3.32. The molecule has 2 aliphatic rings. The minimum Gasteiger partial charge on any atom is -0.370 e. The molecule has 2 aromatic rings. The molecule has 0 bridgehead atoms. The fourth-order valence-electron chi connectivity index (χ4n) is 4.45. The number of aromatic nitrogens is 1. The highest BCUT2D eigenvalue weighted by atomic mass is 32.1. The zero-order valence-electron chi connectivity index (χ0n) is 16.7. The fraction of sp³-hybridized carbons (Fsp3) is 0.619. The maximum Gasteiger partial charge on any atom is 0.263 e. The lowest BCUT2D eigenvalue weighted by molar-refractivity contribution is -0.142. The average molecular weight is 420 g/mol. The van der Waals surface area contributed by atoms with E-state index in [9.17, 15) is 4.79 Å². The van der Waals surface area contributed by atoms with E-state index < -0.39 is 0 Å². The van der Waals surface area contributed by atoms with Gasteiger partial charge in [-0.15, -0.1) is 22.7 Å². The van der Waals surface area contributed by atoms with Crippen LogP contribution in [-0.2, 0) is 17.7 Å². The number of ether oxygens (including phenoxy) is 1. The van der Waals surface area contributed by atoms with Gasteiger partial charge in [-0.3, -0.25) is 9.69 Å². The van der Waals surface area contributed by atoms with Crippen molar-refractivity contribution in [3.8, 4) is 0 Å². The molecule has 1 aliphatic carbocycles. The second kappa shape index (κ2) is 8.61. The van der Waals surface area contributed by atoms with E-state index >= 15 is 0 Å². The Morgan fingerprint density at radius 2 is 2.25 bits per heavy atom. The first-order valence-electron chi connectivity index (χ1n) is 10.2. The van der Waals surface area contributed by atoms with Crippen LogP contribution in [0.1, 0.15) is 57.7 Å². The van der Waals surface area contributed by atoms with Gasteiger partial charge in [-0.25, -0.2) is 4.98 Å². The van der Waals surface area contributed by atoms with Gasteiger partial charge in [-0.1, -0.05) is 19.8 Å². The quantitative estimate of drug-likeness (QED) is 0.795. The van der Waals surface area contributed by atoms with Crippen molar-refractivity contribution < 1.29 is 9.53 Å². The smallest absolute Gasteiger partial charge is 0.263 e. The predicted octanol–water partition coefficient (Wildman–Crippen LogP) is 4.02. The summed E-state index contributed by atoms with van der Waals surface area (Å²) in [5, 5.41) is 3.30. The zero-order valence-corrected chi connectivity index (χ0v) is 18.3. The minimum absolute atomic E-state index is 0.00200. The van der Waals surface area contributed by atoms with Crippen LogP contribution in [0.25, 0.3) is 0 Å². The van der Waals surface area contributed by atoms with Gasteiger partial charge in [0.25, 0.3) is 5.91 Å². The highest BCUT2D eigenvalue weighted by Crippen LogP contribution is 2.36. The number of aryl methyl sites for hydroxylation is 2. The van der Waals surface area contributed by atoms with Crippen LogP contribution in [-0.4, -0.2) is 47.1 Å². The van der Waals surface area contributed by atoms with Crippen LogP contribution in [0.3, 0.4) is 0 Å². The molecular formula is C21H29N3O2S2. The number of thiazole rings is 1. The van der Waals surface area contributed by atoms with Gasteiger partial charge in [0.05, 0.1) is 23.9 Å². The maximum absolute atomic E-state index is 12.8. The number of rotatable bonds is 5. The molecule has 1 N–H and O–H groups in total. The summed E-state index contributed by atoms with van der Waals surface area (Å²) in [5.41, 5.74) is 2.28. The Hall–Kier alpha value is -1.28. The molecule has 1 saturated carbocycles. The molecule has 0 unspecified atom stereocenters. The number of nitrogens with zero attached hydrogens (tertiary/aromatic N) is 2. The third-order valence-electron chi connectivity index (χ3n) is 5.97. The first-order valence-corrected chi connectivity index (χ1v) is 11.9. The van der Waals surface area contributed by atoms with Crippen molar-refractivity contribution in [2.75, 3.05) is 19.7 Å². The van der Waals surface area contributed by atoms with Gasteiger partial charge in [-0.2, -0.15) is 0 Å². The van der Waals surface area contributed by atoms with Crippen LogP contribution in [0.2, 0.25) is 0 Å². The van der Waals surface area contributed by atoms with Gasteiger partial charge in [-0.05, 0) is 38.3 Å². The number of nitrogens with one attached hydrogen (secondary N) is 1. The SMILES string of the molecule is CCc1ccc(CN2CCO[C@@]3(CCCC[C@@H]3NC(=O)c3scnc3C)C2)s1. The maximum atomic E-state index is 12.8. The van der Waals surface area contributed by atoms with Crippen LogP contribution in [0.15, 0.2) is 17.6 Å². The lowest BCUT2D eigenvalue weighted by Gasteiger charge is -2.49. The van der Waals surface area contributed by atoms with E-state index in [0.717, 1.165) is 62.5 Å². The van der Waals surface area contributed by atoms with Gasteiger partial charge < -0.3 is 10.1 Å². The molecule has 0 radical (unpaired) electrons. The van der Waals surface area contributed by atoms with Gasteiger partial charge >= 0.3 is 0 Å². The topological polar surface area (TPSA) is 54.5 Å². The van der Waals surface area contributed by atoms with E-state index in [1.54, 1.807) is 5.51 Å². The van der Waals surface area contributed by atoms with Crippen molar-refractivity contribution in [3.05, 3.63) is 38.0 Å². The molecule has 0 aromatic carbocycles. The van der Waals surface area contributed by atoms with Crippen molar-refractivity contribution in [1.29, 1.82) is 0 Å². The molecule has 2 fully saturated rings. The van der Waals surface area contributed by atoms with Crippen LogP contribution in [0.5, 0.6) is 0 Å². The van der Waals surface area contributed by atoms with Crippen LogP contribution >= 0.6 is 22.7 Å². The molecule has 1 spiro atoms. The summed E-state index contributed by atoms with van der Waals surface area (Å²) in [4.78, 5) is 23.1. The van der Waals surface area contributed by atoms with E-state index in [0.29, 0.717) is 0 Å². The monoisotopic (exact) mass is 419 g/mol. The first kappa shape index (κ1) is 20.0. The molecule has 28 heavy (non-hydrogen) atoms. The molecule has 3 heterocycles. The van der Waals surface area contributed by atoms with Crippen molar-refractivity contribution in [3.63, 3.8) is 0 Å². The molecule has 152 valence electrons. The Morgan fingerprint density at radius 1 is 1.39 bits per heavy atom. The summed E-state index contributed by atoms with van der Waals surface area (Å²) in [7, 11) is 0. The van der Waals surface area contributed by atoms with Gasteiger partial charge in [0.2, 0.25) is 0 Å². The summed E-state index contributed by atoms with van der Waals surface area (Å²) in [6, 6.07) is 4.57. The fourth-order valence-corrected chi connectivity index (χ4v) is 6.16. The Balaban J connectivity index is 1.46. The summed E-state index contributed by atoms with van der Waals surface area (Å²) >= 11 is 3.33. The van der Waals surface area contributed by atoms with Gasteiger partial charge in [0, 0.05) is 29.4 Å². The standard InChI is InChI=1S/C21H29N3O2S2/c1-3-16-7-8-17(28-16)12-24-10-11-26-21(13-24)9-5-4-6-18(21)23-20(25)19-15(2)22-14-27-19/h7-8,14,18H,3-6,9-13H2,1-2H3,(H,23,25)/t18-,21-/m0/s1. The number of thiophene rings is 1. The molecule has 2 aromatic heterocycles. The van der Waals surface area contributed by atoms with E-state index in [4.69, 9.17) is 4.74 Å². The third kappa shape index (κ3) is 4.17. The van der Waals surface area contributed by atoms with Crippen molar-refractivity contribution in [2.45, 2.75) is 64.1 Å². The number of morpholine rings is 1. The van der Waals surface area contributed by atoms with E-state index in [1.165, 1.54) is 27.5 Å². The molecular weight excluding hydrogens is 390 g/mol. The number of carbonyl (C=O) groups excluding carboxylic acids is 1. The highest BCUT2D eigenvalue weighted by molar-refractivity contribution is 7.12. The Labute approximate surface area is 175 Å². The summed E-state index contributed by atoms with van der Waals surface area (Å²) in [6.45, 7) is 7.66. The Kier molecular flexibility index (Phi) is 6.16. The molecule has 2 atom stereocenters. The van der Waals surface area contributed by atoms with E-state index in [-0.39, 0.29) is 17.6 Å². The minimum atomic E-state index is -0.268. The molecule has 1 saturated heterocycles. The van der Waals surface area contributed by atoms with Crippen molar-refractivity contribution in [2.24, 2.45) is 0 Å². The predicted molar refractivity (Wildman–Crippen MR) is 114 cm³/mol. The lowest BCUT2D eigenvalue weighted by atomic mass is 9.78. The second-order valence-corrected chi connectivity index (χ2v) is 9.99. The highest BCUT2D eigenvalue weighted by Gasteiger charge is 2.46. The Bertz CT molecular complexity index is 814. The van der Waals surface area contributed by atoms with Crippen LogP contribution in [0, 0.1) is 6.92 Å². The summed E-state index contributed by atoms with van der Waals surface area (Å²) in [6.07, 6.45) is 5.40. The number of hydrogen-bond acceptors (Lipinski definition) is 6.